The zero-order valence-corrected chi connectivity index (χ0v) is 10.1. The van der Waals surface area contributed by atoms with Crippen molar-refractivity contribution in [2.24, 2.45) is 0 Å². The molecule has 102 valence electrons. The third-order valence-electron chi connectivity index (χ3n) is 2.32. The van der Waals surface area contributed by atoms with E-state index in [9.17, 15) is 26.3 Å². The summed E-state index contributed by atoms with van der Waals surface area (Å²) < 4.78 is 75.2. The largest absolute Gasteiger partial charge is 0.417 e. The molecule has 0 aliphatic rings. The first-order chi connectivity index (χ1) is 7.83. The fourth-order valence-corrected chi connectivity index (χ4v) is 1.51. The van der Waals surface area contributed by atoms with Crippen LogP contribution in [0.1, 0.15) is 30.5 Å². The molecule has 0 spiro atoms. The molecule has 0 aromatic heterocycles. The molecule has 7 heteroatoms. The minimum absolute atomic E-state index is 0.0236. The van der Waals surface area contributed by atoms with Crippen LogP contribution in [0.5, 0.6) is 0 Å². The fraction of sp³-hybridized carbons (Fsp3) is 0.455. The van der Waals surface area contributed by atoms with Crippen molar-refractivity contribution < 1.29 is 26.3 Å². The van der Waals surface area contributed by atoms with Gasteiger partial charge in [0.05, 0.1) is 16.0 Å². The molecule has 18 heavy (non-hydrogen) atoms. The standard InChI is InChI=1S/C11H9ClF6/c1-9(2,12)6-3-4-7(10(13,14)15)8(5-6)11(16,17)18/h3-5H,1-2H3. The molecule has 0 saturated heterocycles. The van der Waals surface area contributed by atoms with Crippen LogP contribution in [0.3, 0.4) is 0 Å². The summed E-state index contributed by atoms with van der Waals surface area (Å²) in [7, 11) is 0. The van der Waals surface area contributed by atoms with Gasteiger partial charge >= 0.3 is 12.4 Å². The molecular weight excluding hydrogens is 282 g/mol. The second kappa shape index (κ2) is 4.33. The Morgan fingerprint density at radius 2 is 1.28 bits per heavy atom. The van der Waals surface area contributed by atoms with Gasteiger partial charge in [-0.2, -0.15) is 26.3 Å². The molecule has 0 radical (unpaired) electrons. The van der Waals surface area contributed by atoms with E-state index in [1.165, 1.54) is 13.8 Å². The lowest BCUT2D eigenvalue weighted by Gasteiger charge is -2.21. The van der Waals surface area contributed by atoms with Gasteiger partial charge in [-0.1, -0.05) is 6.07 Å². The van der Waals surface area contributed by atoms with Crippen molar-refractivity contribution in [2.45, 2.75) is 31.1 Å². The van der Waals surface area contributed by atoms with Crippen LogP contribution in [-0.2, 0) is 17.2 Å². The first-order valence-corrected chi connectivity index (χ1v) is 5.19. The van der Waals surface area contributed by atoms with Crippen molar-refractivity contribution in [1.29, 1.82) is 0 Å². The van der Waals surface area contributed by atoms with Crippen LogP contribution >= 0.6 is 11.6 Å². The van der Waals surface area contributed by atoms with Crippen LogP contribution < -0.4 is 0 Å². The lowest BCUT2D eigenvalue weighted by molar-refractivity contribution is -0.162. The molecule has 0 N–H and O–H groups in total. The topological polar surface area (TPSA) is 0 Å². The minimum Gasteiger partial charge on any atom is -0.166 e. The lowest BCUT2D eigenvalue weighted by Crippen LogP contribution is -2.18. The summed E-state index contributed by atoms with van der Waals surface area (Å²) in [4.78, 5) is -1.18. The van der Waals surface area contributed by atoms with Gasteiger partial charge in [0.2, 0.25) is 0 Å². The molecule has 0 heterocycles. The Morgan fingerprint density at radius 1 is 0.833 bits per heavy atom. The molecule has 0 atom stereocenters. The molecule has 0 aliphatic carbocycles. The highest BCUT2D eigenvalue weighted by molar-refractivity contribution is 6.23. The van der Waals surface area contributed by atoms with Gasteiger partial charge in [-0.3, -0.25) is 0 Å². The Kier molecular flexibility index (Phi) is 3.64. The van der Waals surface area contributed by atoms with Gasteiger partial charge in [0, 0.05) is 0 Å². The van der Waals surface area contributed by atoms with E-state index in [1.807, 2.05) is 0 Å². The Hall–Kier alpha value is -0.910. The fourth-order valence-electron chi connectivity index (χ4n) is 1.40. The van der Waals surface area contributed by atoms with Crippen molar-refractivity contribution in [3.63, 3.8) is 0 Å². The van der Waals surface area contributed by atoms with E-state index in [2.05, 4.69) is 0 Å². The van der Waals surface area contributed by atoms with Crippen LogP contribution in [0.2, 0.25) is 0 Å². The SMILES string of the molecule is CC(C)(Cl)c1ccc(C(F)(F)F)c(C(F)(F)F)c1. The molecule has 0 saturated carbocycles. The highest BCUT2D eigenvalue weighted by Crippen LogP contribution is 2.42. The zero-order chi connectivity index (χ0) is 14.4. The smallest absolute Gasteiger partial charge is 0.166 e. The molecule has 1 rings (SSSR count). The normalized spacial score (nSPS) is 13.8. The predicted octanol–water partition coefficient (Wildman–Crippen LogP) is 5.20. The number of rotatable bonds is 1. The van der Waals surface area contributed by atoms with Crippen LogP contribution in [-0.4, -0.2) is 0 Å². The second-order valence-corrected chi connectivity index (χ2v) is 5.17. The van der Waals surface area contributed by atoms with Crippen LogP contribution in [0.25, 0.3) is 0 Å². The summed E-state index contributed by atoms with van der Waals surface area (Å²) >= 11 is 5.80. The molecule has 1 aromatic carbocycles. The maximum absolute atomic E-state index is 12.6. The first kappa shape index (κ1) is 15.1. The minimum atomic E-state index is -5.08. The second-order valence-electron chi connectivity index (χ2n) is 4.23. The number of benzene rings is 1. The van der Waals surface area contributed by atoms with E-state index >= 15 is 0 Å². The monoisotopic (exact) mass is 290 g/mol. The quantitative estimate of drug-likeness (QED) is 0.493. The average molecular weight is 291 g/mol. The van der Waals surface area contributed by atoms with Gasteiger partial charge in [0.25, 0.3) is 0 Å². The van der Waals surface area contributed by atoms with E-state index < -0.39 is 28.4 Å². The van der Waals surface area contributed by atoms with E-state index in [0.29, 0.717) is 12.1 Å². The van der Waals surface area contributed by atoms with Gasteiger partial charge in [0.15, 0.2) is 0 Å². The number of halogens is 7. The Balaban J connectivity index is 3.50. The van der Waals surface area contributed by atoms with Crippen molar-refractivity contribution in [3.8, 4) is 0 Å². The average Bonchev–Trinajstić information content (AvgIpc) is 2.12. The Bertz CT molecular complexity index is 438. The molecule has 0 fully saturated rings. The molecule has 0 bridgehead atoms. The first-order valence-electron chi connectivity index (χ1n) is 4.81. The van der Waals surface area contributed by atoms with Gasteiger partial charge in [0.1, 0.15) is 0 Å². The third-order valence-corrected chi connectivity index (χ3v) is 2.54. The maximum atomic E-state index is 12.6. The summed E-state index contributed by atoms with van der Waals surface area (Å²) in [5, 5.41) is 0. The summed E-state index contributed by atoms with van der Waals surface area (Å²) in [6.45, 7) is 2.80. The third kappa shape index (κ3) is 3.31. The molecule has 1 aromatic rings. The Labute approximate surface area is 105 Å². The van der Waals surface area contributed by atoms with Gasteiger partial charge < -0.3 is 0 Å². The molecule has 0 amide bonds. The summed E-state index contributed by atoms with van der Waals surface area (Å²) in [6, 6.07) is 1.79. The molecule has 0 aliphatic heterocycles. The lowest BCUT2D eigenvalue weighted by atomic mass is 9.96. The highest BCUT2D eigenvalue weighted by Gasteiger charge is 2.43. The van der Waals surface area contributed by atoms with Crippen molar-refractivity contribution in [1.82, 2.24) is 0 Å². The van der Waals surface area contributed by atoms with Crippen molar-refractivity contribution in [3.05, 3.63) is 34.9 Å². The van der Waals surface area contributed by atoms with Gasteiger partial charge in [-0.05, 0) is 31.5 Å². The predicted molar refractivity (Wildman–Crippen MR) is 55.3 cm³/mol. The Morgan fingerprint density at radius 3 is 1.61 bits per heavy atom. The van der Waals surface area contributed by atoms with E-state index in [-0.39, 0.29) is 5.56 Å². The van der Waals surface area contributed by atoms with Crippen molar-refractivity contribution >= 4 is 11.6 Å². The van der Waals surface area contributed by atoms with E-state index in [4.69, 9.17) is 11.6 Å². The van der Waals surface area contributed by atoms with Crippen LogP contribution in [0, 0.1) is 0 Å². The number of hydrogen-bond acceptors (Lipinski definition) is 0. The molecule has 0 nitrogen and oxygen atoms in total. The van der Waals surface area contributed by atoms with E-state index in [0.717, 1.165) is 6.07 Å². The summed E-state index contributed by atoms with van der Waals surface area (Å²) in [5.41, 5.74) is -3.45. The van der Waals surface area contributed by atoms with Crippen LogP contribution in [0.4, 0.5) is 26.3 Å². The summed E-state index contributed by atoms with van der Waals surface area (Å²) in [6.07, 6.45) is -10.1. The maximum Gasteiger partial charge on any atom is 0.417 e. The van der Waals surface area contributed by atoms with Crippen molar-refractivity contribution in [2.75, 3.05) is 0 Å². The number of hydrogen-bond donors (Lipinski definition) is 0. The number of alkyl halides is 7. The van der Waals surface area contributed by atoms with Gasteiger partial charge in [-0.15, -0.1) is 11.6 Å². The highest BCUT2D eigenvalue weighted by atomic mass is 35.5. The van der Waals surface area contributed by atoms with Gasteiger partial charge in [-0.25, -0.2) is 0 Å². The molecular formula is C11H9ClF6. The summed E-state index contributed by atoms with van der Waals surface area (Å²) in [5.74, 6) is 0. The zero-order valence-electron chi connectivity index (χ0n) is 9.38. The van der Waals surface area contributed by atoms with E-state index in [1.54, 1.807) is 0 Å². The molecule has 0 unspecified atom stereocenters. The van der Waals surface area contributed by atoms with Crippen LogP contribution in [0.15, 0.2) is 18.2 Å².